The van der Waals surface area contributed by atoms with Gasteiger partial charge in [0.1, 0.15) is 22.4 Å². The highest BCUT2D eigenvalue weighted by molar-refractivity contribution is 7.13. The molecule has 8 nitrogen and oxygen atoms in total. The van der Waals surface area contributed by atoms with Crippen LogP contribution in [0.25, 0.3) is 10.6 Å². The van der Waals surface area contributed by atoms with E-state index in [-0.39, 0.29) is 5.91 Å². The molecule has 0 spiro atoms. The van der Waals surface area contributed by atoms with Crippen LogP contribution in [0.3, 0.4) is 0 Å². The van der Waals surface area contributed by atoms with Crippen LogP contribution in [0.4, 0.5) is 0 Å². The van der Waals surface area contributed by atoms with Crippen molar-refractivity contribution in [2.75, 3.05) is 20.8 Å². The molecular formula is C19H21N5O3S. The van der Waals surface area contributed by atoms with Crippen molar-refractivity contribution in [3.8, 4) is 22.1 Å². The van der Waals surface area contributed by atoms with Crippen molar-refractivity contribution in [1.29, 1.82) is 0 Å². The van der Waals surface area contributed by atoms with Crippen LogP contribution in [0.5, 0.6) is 11.5 Å². The van der Waals surface area contributed by atoms with E-state index in [4.69, 9.17) is 9.47 Å². The zero-order chi connectivity index (χ0) is 19.5. The maximum absolute atomic E-state index is 12.4. The molecule has 1 N–H and O–H groups in total. The lowest BCUT2D eigenvalue weighted by atomic mass is 10.2. The summed E-state index contributed by atoms with van der Waals surface area (Å²) in [5.41, 5.74) is 1.28. The largest absolute Gasteiger partial charge is 0.493 e. The van der Waals surface area contributed by atoms with Gasteiger partial charge in [-0.1, -0.05) is 0 Å². The number of fused-ring (bicyclic) bond motifs is 1. The predicted molar refractivity (Wildman–Crippen MR) is 105 cm³/mol. The van der Waals surface area contributed by atoms with E-state index in [0.29, 0.717) is 30.2 Å². The van der Waals surface area contributed by atoms with Gasteiger partial charge in [0.2, 0.25) is 0 Å². The molecule has 2 aromatic heterocycles. The van der Waals surface area contributed by atoms with E-state index in [1.807, 2.05) is 18.2 Å². The normalized spacial score (nSPS) is 12.6. The molecule has 146 valence electrons. The van der Waals surface area contributed by atoms with Crippen molar-refractivity contribution in [3.63, 3.8) is 0 Å². The Morgan fingerprint density at radius 2 is 2.11 bits per heavy atom. The number of rotatable bonds is 7. The number of carbonyl (C=O) groups excluding carboxylic acids is 1. The Kier molecular flexibility index (Phi) is 5.25. The Balaban J connectivity index is 1.39. The number of carbonyl (C=O) groups is 1. The molecule has 0 fully saturated rings. The van der Waals surface area contributed by atoms with Crippen molar-refractivity contribution in [2.45, 2.75) is 25.8 Å². The van der Waals surface area contributed by atoms with Gasteiger partial charge in [-0.3, -0.25) is 4.79 Å². The minimum Gasteiger partial charge on any atom is -0.493 e. The van der Waals surface area contributed by atoms with Gasteiger partial charge >= 0.3 is 0 Å². The van der Waals surface area contributed by atoms with E-state index in [1.54, 1.807) is 19.6 Å². The van der Waals surface area contributed by atoms with E-state index in [2.05, 4.69) is 25.1 Å². The fourth-order valence-corrected chi connectivity index (χ4v) is 4.05. The molecule has 0 atom stereocenters. The summed E-state index contributed by atoms with van der Waals surface area (Å²) in [6, 6.07) is 5.57. The summed E-state index contributed by atoms with van der Waals surface area (Å²) in [5.74, 6) is 3.06. The molecule has 1 aliphatic rings. The van der Waals surface area contributed by atoms with Gasteiger partial charge in [0.05, 0.1) is 14.2 Å². The molecule has 0 saturated carbocycles. The molecule has 28 heavy (non-hydrogen) atoms. The third-order valence-electron chi connectivity index (χ3n) is 4.69. The topological polar surface area (TPSA) is 91.2 Å². The van der Waals surface area contributed by atoms with E-state index in [0.717, 1.165) is 41.6 Å². The predicted octanol–water partition coefficient (Wildman–Crippen LogP) is 2.34. The summed E-state index contributed by atoms with van der Waals surface area (Å²) < 4.78 is 12.7. The highest BCUT2D eigenvalue weighted by Gasteiger charge is 2.18. The summed E-state index contributed by atoms with van der Waals surface area (Å²) in [6.07, 6.45) is 2.75. The fraction of sp³-hybridized carbons (Fsp3) is 0.368. The molecule has 4 rings (SSSR count). The number of amides is 1. The minimum atomic E-state index is -0.191. The number of aryl methyl sites for hydroxylation is 1. The standard InChI is InChI=1S/C19H21N5O3S/c1-26-14-6-5-12(10-15(14)27-2)19-21-13(11-28-19)18(25)20-8-7-17-23-22-16-4-3-9-24(16)17/h5-6,10-11H,3-4,7-9H2,1-2H3,(H,20,25). The number of nitrogens with one attached hydrogen (secondary N) is 1. The minimum absolute atomic E-state index is 0.191. The first kappa shape index (κ1) is 18.4. The lowest BCUT2D eigenvalue weighted by molar-refractivity contribution is 0.0949. The molecule has 0 radical (unpaired) electrons. The van der Waals surface area contributed by atoms with Gasteiger partial charge in [-0.2, -0.15) is 0 Å². The van der Waals surface area contributed by atoms with Gasteiger partial charge in [-0.05, 0) is 24.6 Å². The van der Waals surface area contributed by atoms with Crippen LogP contribution >= 0.6 is 11.3 Å². The maximum Gasteiger partial charge on any atom is 0.270 e. The van der Waals surface area contributed by atoms with Crippen molar-refractivity contribution in [2.24, 2.45) is 0 Å². The second-order valence-electron chi connectivity index (χ2n) is 6.40. The van der Waals surface area contributed by atoms with E-state index < -0.39 is 0 Å². The van der Waals surface area contributed by atoms with Crippen LogP contribution in [-0.2, 0) is 19.4 Å². The number of hydrogen-bond donors (Lipinski definition) is 1. The van der Waals surface area contributed by atoms with Gasteiger partial charge in [0, 0.05) is 36.9 Å². The Hall–Kier alpha value is -2.94. The number of aromatic nitrogens is 4. The molecule has 3 aromatic rings. The lowest BCUT2D eigenvalue weighted by Crippen LogP contribution is -2.26. The summed E-state index contributed by atoms with van der Waals surface area (Å²) in [7, 11) is 3.18. The van der Waals surface area contributed by atoms with E-state index in [9.17, 15) is 4.79 Å². The Morgan fingerprint density at radius 3 is 2.93 bits per heavy atom. The monoisotopic (exact) mass is 399 g/mol. The van der Waals surface area contributed by atoms with Gasteiger partial charge in [0.15, 0.2) is 11.5 Å². The first-order valence-corrected chi connectivity index (χ1v) is 9.94. The van der Waals surface area contributed by atoms with Gasteiger partial charge in [-0.15, -0.1) is 21.5 Å². The molecule has 1 aliphatic heterocycles. The van der Waals surface area contributed by atoms with Gasteiger partial charge < -0.3 is 19.4 Å². The highest BCUT2D eigenvalue weighted by Crippen LogP contribution is 2.33. The molecule has 3 heterocycles. The number of ether oxygens (including phenoxy) is 2. The average Bonchev–Trinajstić information content (AvgIpc) is 3.45. The molecule has 9 heteroatoms. The number of hydrogen-bond acceptors (Lipinski definition) is 7. The van der Waals surface area contributed by atoms with Gasteiger partial charge in [0.25, 0.3) is 5.91 Å². The zero-order valence-electron chi connectivity index (χ0n) is 15.8. The average molecular weight is 399 g/mol. The summed E-state index contributed by atoms with van der Waals surface area (Å²) in [5, 5.41) is 13.8. The Bertz CT molecular complexity index is 997. The molecular weight excluding hydrogens is 378 g/mol. The first-order valence-electron chi connectivity index (χ1n) is 9.06. The van der Waals surface area contributed by atoms with Gasteiger partial charge in [-0.25, -0.2) is 4.98 Å². The first-order chi connectivity index (χ1) is 13.7. The number of thiazole rings is 1. The zero-order valence-corrected chi connectivity index (χ0v) is 16.6. The Morgan fingerprint density at radius 1 is 1.25 bits per heavy atom. The fourth-order valence-electron chi connectivity index (χ4n) is 3.25. The quantitative estimate of drug-likeness (QED) is 0.656. The highest BCUT2D eigenvalue weighted by atomic mass is 32.1. The third-order valence-corrected chi connectivity index (χ3v) is 5.58. The van der Waals surface area contributed by atoms with Crippen LogP contribution in [0, 0.1) is 0 Å². The lowest BCUT2D eigenvalue weighted by Gasteiger charge is -2.08. The number of benzene rings is 1. The van der Waals surface area contributed by atoms with Crippen LogP contribution in [0.1, 0.15) is 28.6 Å². The van der Waals surface area contributed by atoms with Crippen LogP contribution < -0.4 is 14.8 Å². The third kappa shape index (κ3) is 3.57. The second-order valence-corrected chi connectivity index (χ2v) is 7.26. The number of nitrogens with zero attached hydrogens (tertiary/aromatic N) is 4. The summed E-state index contributed by atoms with van der Waals surface area (Å²) in [4.78, 5) is 16.9. The molecule has 1 aromatic carbocycles. The van der Waals surface area contributed by atoms with Crippen molar-refractivity contribution in [3.05, 3.63) is 40.9 Å². The summed E-state index contributed by atoms with van der Waals surface area (Å²) in [6.45, 7) is 1.46. The van der Waals surface area contributed by atoms with Crippen molar-refractivity contribution in [1.82, 2.24) is 25.1 Å². The SMILES string of the molecule is COc1ccc(-c2nc(C(=O)NCCc3nnc4n3CCC4)cs2)cc1OC. The van der Waals surface area contributed by atoms with Crippen molar-refractivity contribution < 1.29 is 14.3 Å². The molecule has 0 saturated heterocycles. The summed E-state index contributed by atoms with van der Waals surface area (Å²) >= 11 is 1.42. The Labute approximate surface area is 166 Å². The molecule has 0 bridgehead atoms. The van der Waals surface area contributed by atoms with Crippen molar-refractivity contribution >= 4 is 17.2 Å². The second kappa shape index (κ2) is 7.97. The number of methoxy groups -OCH3 is 2. The van der Waals surface area contributed by atoms with E-state index in [1.165, 1.54) is 11.3 Å². The smallest absolute Gasteiger partial charge is 0.270 e. The molecule has 1 amide bonds. The maximum atomic E-state index is 12.4. The molecule has 0 aliphatic carbocycles. The molecule has 0 unspecified atom stereocenters. The van der Waals surface area contributed by atoms with Crippen LogP contribution in [0.15, 0.2) is 23.6 Å². The van der Waals surface area contributed by atoms with Crippen LogP contribution in [-0.4, -0.2) is 46.4 Å². The van der Waals surface area contributed by atoms with Crippen LogP contribution in [0.2, 0.25) is 0 Å². The van der Waals surface area contributed by atoms with E-state index >= 15 is 0 Å².